The molecule has 0 unspecified atom stereocenters. The number of hydrogen-bond donors (Lipinski definition) is 1. The van der Waals surface area contributed by atoms with Crippen LogP contribution in [0.15, 0.2) is 30.3 Å². The molecule has 0 saturated carbocycles. The molecule has 4 heteroatoms. The Morgan fingerprint density at radius 1 is 1.43 bits per heavy atom. The van der Waals surface area contributed by atoms with Crippen LogP contribution in [0.25, 0.3) is 0 Å². The second-order valence-corrected chi connectivity index (χ2v) is 3.69. The van der Waals surface area contributed by atoms with Crippen LogP contribution in [0.4, 0.5) is 0 Å². The van der Waals surface area contributed by atoms with Crippen molar-refractivity contribution in [1.82, 2.24) is 0 Å². The van der Waals surface area contributed by atoms with Crippen LogP contribution in [0, 0.1) is 0 Å². The molecular formula is C10H12NO2Se. The molecule has 0 fully saturated rings. The Balaban J connectivity index is 2.49. The Kier molecular flexibility index (Phi) is 4.66. The molecule has 0 heterocycles. The number of esters is 1. The van der Waals surface area contributed by atoms with Crippen molar-refractivity contribution < 1.29 is 9.53 Å². The molecule has 1 aromatic carbocycles. The summed E-state index contributed by atoms with van der Waals surface area (Å²) in [7, 11) is 0. The maximum atomic E-state index is 11.3. The normalized spacial score (nSPS) is 12.1. The summed E-state index contributed by atoms with van der Waals surface area (Å²) >= 11 is 2.80. The van der Waals surface area contributed by atoms with E-state index in [-0.39, 0.29) is 5.97 Å². The SMILES string of the molecule is N[C@@H](CC[Se])C(=O)Oc1ccccc1. The molecule has 0 aliphatic rings. The topological polar surface area (TPSA) is 52.3 Å². The Hall–Kier alpha value is -0.831. The van der Waals surface area contributed by atoms with Crippen LogP contribution in [-0.2, 0) is 4.79 Å². The number of carbonyl (C=O) groups excluding carboxylic acids is 1. The monoisotopic (exact) mass is 258 g/mol. The molecule has 75 valence electrons. The number of carbonyl (C=O) groups is 1. The number of hydrogen-bond acceptors (Lipinski definition) is 3. The molecule has 0 aliphatic carbocycles. The van der Waals surface area contributed by atoms with Gasteiger partial charge in [-0.1, -0.05) is 0 Å². The second-order valence-electron chi connectivity index (χ2n) is 2.83. The van der Waals surface area contributed by atoms with Gasteiger partial charge >= 0.3 is 91.1 Å². The van der Waals surface area contributed by atoms with E-state index in [1.54, 1.807) is 12.1 Å². The zero-order valence-corrected chi connectivity index (χ0v) is 9.39. The predicted molar refractivity (Wildman–Crippen MR) is 55.2 cm³/mol. The average molecular weight is 257 g/mol. The van der Waals surface area contributed by atoms with Crippen molar-refractivity contribution in [2.45, 2.75) is 17.8 Å². The first-order valence-electron chi connectivity index (χ1n) is 4.34. The molecule has 0 amide bonds. The van der Waals surface area contributed by atoms with Gasteiger partial charge in [-0.05, 0) is 0 Å². The van der Waals surface area contributed by atoms with Crippen LogP contribution in [0.1, 0.15) is 6.42 Å². The molecule has 0 aromatic heterocycles. The summed E-state index contributed by atoms with van der Waals surface area (Å²) in [6.45, 7) is 0. The fraction of sp³-hybridized carbons (Fsp3) is 0.300. The molecule has 1 atom stereocenters. The minimum absolute atomic E-state index is 0.383. The predicted octanol–water partition coefficient (Wildman–Crippen LogP) is 0.896. The Morgan fingerprint density at radius 3 is 2.64 bits per heavy atom. The van der Waals surface area contributed by atoms with Crippen LogP contribution < -0.4 is 10.5 Å². The number of ether oxygens (including phenoxy) is 1. The first kappa shape index (κ1) is 11.2. The molecule has 2 N–H and O–H groups in total. The summed E-state index contributed by atoms with van der Waals surface area (Å²) in [6.07, 6.45) is 0.603. The molecular weight excluding hydrogens is 245 g/mol. The van der Waals surface area contributed by atoms with Gasteiger partial charge in [-0.2, -0.15) is 0 Å². The molecule has 0 spiro atoms. The van der Waals surface area contributed by atoms with Gasteiger partial charge in [0.05, 0.1) is 0 Å². The molecule has 0 bridgehead atoms. The fourth-order valence-corrected chi connectivity index (χ4v) is 1.46. The van der Waals surface area contributed by atoms with E-state index in [0.717, 1.165) is 5.32 Å². The Bertz CT molecular complexity index is 289. The van der Waals surface area contributed by atoms with E-state index >= 15 is 0 Å². The third kappa shape index (κ3) is 3.50. The van der Waals surface area contributed by atoms with Gasteiger partial charge in [0.25, 0.3) is 0 Å². The molecule has 14 heavy (non-hydrogen) atoms. The summed E-state index contributed by atoms with van der Waals surface area (Å²) in [5, 5.41) is 0.755. The van der Waals surface area contributed by atoms with E-state index in [4.69, 9.17) is 10.5 Å². The van der Waals surface area contributed by atoms with Gasteiger partial charge in [0, 0.05) is 0 Å². The van der Waals surface area contributed by atoms with Gasteiger partial charge < -0.3 is 0 Å². The van der Waals surface area contributed by atoms with E-state index < -0.39 is 6.04 Å². The van der Waals surface area contributed by atoms with Gasteiger partial charge in [-0.3, -0.25) is 0 Å². The summed E-state index contributed by atoms with van der Waals surface area (Å²) in [6, 6.07) is 8.38. The van der Waals surface area contributed by atoms with Crippen LogP contribution in [-0.4, -0.2) is 28.0 Å². The third-order valence-electron chi connectivity index (χ3n) is 1.69. The maximum absolute atomic E-state index is 11.3. The van der Waals surface area contributed by atoms with Crippen molar-refractivity contribution in [2.24, 2.45) is 5.73 Å². The van der Waals surface area contributed by atoms with Crippen molar-refractivity contribution in [2.75, 3.05) is 0 Å². The van der Waals surface area contributed by atoms with Crippen LogP contribution in [0.2, 0.25) is 5.32 Å². The van der Waals surface area contributed by atoms with Gasteiger partial charge in [0.2, 0.25) is 0 Å². The summed E-state index contributed by atoms with van der Waals surface area (Å²) in [5.41, 5.74) is 5.58. The molecule has 1 rings (SSSR count). The van der Waals surface area contributed by atoms with E-state index in [1.165, 1.54) is 0 Å². The van der Waals surface area contributed by atoms with Crippen molar-refractivity contribution >= 4 is 22.0 Å². The zero-order valence-electron chi connectivity index (χ0n) is 7.68. The van der Waals surface area contributed by atoms with E-state index in [2.05, 4.69) is 16.0 Å². The van der Waals surface area contributed by atoms with Crippen molar-refractivity contribution in [3.63, 3.8) is 0 Å². The van der Waals surface area contributed by atoms with Crippen molar-refractivity contribution in [1.29, 1.82) is 0 Å². The van der Waals surface area contributed by atoms with Gasteiger partial charge in [0.1, 0.15) is 0 Å². The second kappa shape index (κ2) is 5.81. The summed E-state index contributed by atoms with van der Waals surface area (Å²) in [5.74, 6) is 0.152. The summed E-state index contributed by atoms with van der Waals surface area (Å²) < 4.78 is 5.05. The van der Waals surface area contributed by atoms with E-state index in [0.29, 0.717) is 12.2 Å². The van der Waals surface area contributed by atoms with Crippen molar-refractivity contribution in [3.8, 4) is 5.75 Å². The fourth-order valence-electron chi connectivity index (χ4n) is 0.925. The molecule has 0 aliphatic heterocycles. The number of rotatable bonds is 4. The first-order valence-corrected chi connectivity index (χ1v) is 5.55. The molecule has 1 aromatic rings. The molecule has 0 saturated heterocycles. The van der Waals surface area contributed by atoms with Gasteiger partial charge in [0.15, 0.2) is 0 Å². The average Bonchev–Trinajstić information content (AvgIpc) is 2.19. The van der Waals surface area contributed by atoms with Crippen LogP contribution in [0.3, 0.4) is 0 Å². The van der Waals surface area contributed by atoms with Crippen LogP contribution >= 0.6 is 0 Å². The molecule has 1 radical (unpaired) electrons. The number of benzene rings is 1. The van der Waals surface area contributed by atoms with Gasteiger partial charge in [-0.15, -0.1) is 0 Å². The van der Waals surface area contributed by atoms with Gasteiger partial charge in [-0.25, -0.2) is 0 Å². The standard InChI is InChI=1S/C10H12NO2Se/c11-9(6-7-14)10(12)13-8-4-2-1-3-5-8/h1-5,9H,6-7,11H2/t9-/m0/s1. The third-order valence-corrected chi connectivity index (χ3v) is 2.19. The van der Waals surface area contributed by atoms with E-state index in [9.17, 15) is 4.79 Å². The summed E-state index contributed by atoms with van der Waals surface area (Å²) in [4.78, 5) is 11.3. The number of para-hydroxylation sites is 1. The Morgan fingerprint density at radius 2 is 2.07 bits per heavy atom. The van der Waals surface area contributed by atoms with E-state index in [1.807, 2.05) is 18.2 Å². The quantitative estimate of drug-likeness (QED) is 0.495. The zero-order chi connectivity index (χ0) is 10.4. The van der Waals surface area contributed by atoms with Crippen molar-refractivity contribution in [3.05, 3.63) is 30.3 Å². The van der Waals surface area contributed by atoms with Crippen LogP contribution in [0.5, 0.6) is 5.75 Å². The molecule has 3 nitrogen and oxygen atoms in total. The minimum atomic E-state index is -0.545. The first-order chi connectivity index (χ1) is 6.74. The number of nitrogens with two attached hydrogens (primary N) is 1. The Labute approximate surface area is 91.4 Å².